The number of hydrogen-bond acceptors (Lipinski definition) is 4. The van der Waals surface area contributed by atoms with Crippen molar-refractivity contribution in [3.63, 3.8) is 0 Å². The zero-order chi connectivity index (χ0) is 15.4. The molecule has 0 radical (unpaired) electrons. The van der Waals surface area contributed by atoms with Crippen LogP contribution in [0.15, 0.2) is 18.2 Å². The van der Waals surface area contributed by atoms with Crippen LogP contribution in [-0.4, -0.2) is 28.6 Å². The molecule has 1 aromatic rings. The van der Waals surface area contributed by atoms with E-state index < -0.39 is 10.8 Å². The lowest BCUT2D eigenvalue weighted by Gasteiger charge is -2.30. The van der Waals surface area contributed by atoms with E-state index in [1.54, 1.807) is 0 Å². The number of carbonyl (C=O) groups is 1. The van der Waals surface area contributed by atoms with Gasteiger partial charge >= 0.3 is 0 Å². The topological polar surface area (TPSA) is 92.5 Å². The standard InChI is InChI=1S/C14H17ClN2O4/c15-13-10(5-3-7-12(13)17(20)21)14(19)16-11-6-2-1-4-9(11)8-18/h3,5,7,9,11,18H,1-2,4,6,8H2,(H,16,19). The second-order valence-corrected chi connectivity index (χ2v) is 5.58. The molecular weight excluding hydrogens is 296 g/mol. The SMILES string of the molecule is O=C(NC1CCCCC1CO)c1cccc([N+](=O)[O-])c1Cl. The van der Waals surface area contributed by atoms with Gasteiger partial charge in [0.05, 0.1) is 10.5 Å². The summed E-state index contributed by atoms with van der Waals surface area (Å²) in [6, 6.07) is 4.03. The van der Waals surface area contributed by atoms with Gasteiger partial charge in [-0.05, 0) is 18.9 Å². The molecule has 1 aliphatic rings. The molecule has 21 heavy (non-hydrogen) atoms. The Balaban J connectivity index is 2.17. The van der Waals surface area contributed by atoms with Gasteiger partial charge in [-0.15, -0.1) is 0 Å². The van der Waals surface area contributed by atoms with E-state index in [4.69, 9.17) is 11.6 Å². The molecule has 2 N–H and O–H groups in total. The number of nitro groups is 1. The first-order valence-corrected chi connectivity index (χ1v) is 7.27. The fourth-order valence-corrected chi connectivity index (χ4v) is 2.98. The van der Waals surface area contributed by atoms with E-state index in [9.17, 15) is 20.0 Å². The maximum atomic E-state index is 12.3. The summed E-state index contributed by atoms with van der Waals surface area (Å²) in [4.78, 5) is 22.5. The van der Waals surface area contributed by atoms with Crippen LogP contribution >= 0.6 is 11.6 Å². The highest BCUT2D eigenvalue weighted by Gasteiger charge is 2.28. The smallest absolute Gasteiger partial charge is 0.288 e. The highest BCUT2D eigenvalue weighted by Crippen LogP contribution is 2.29. The van der Waals surface area contributed by atoms with Crippen LogP contribution in [0.25, 0.3) is 0 Å². The fraction of sp³-hybridized carbons (Fsp3) is 0.500. The summed E-state index contributed by atoms with van der Waals surface area (Å²) in [5, 5.41) is 22.9. The molecule has 2 rings (SSSR count). The van der Waals surface area contributed by atoms with Crippen LogP contribution in [-0.2, 0) is 0 Å². The van der Waals surface area contributed by atoms with Gasteiger partial charge in [0.25, 0.3) is 11.6 Å². The van der Waals surface area contributed by atoms with Gasteiger partial charge in [-0.2, -0.15) is 0 Å². The van der Waals surface area contributed by atoms with Crippen molar-refractivity contribution in [2.75, 3.05) is 6.61 Å². The lowest BCUT2D eigenvalue weighted by atomic mass is 9.85. The minimum Gasteiger partial charge on any atom is -0.396 e. The van der Waals surface area contributed by atoms with Crippen LogP contribution < -0.4 is 5.32 Å². The number of nitro benzene ring substituents is 1. The zero-order valence-electron chi connectivity index (χ0n) is 11.4. The minimum atomic E-state index is -0.615. The average Bonchev–Trinajstić information content (AvgIpc) is 2.47. The van der Waals surface area contributed by atoms with Crippen molar-refractivity contribution in [2.24, 2.45) is 5.92 Å². The number of carbonyl (C=O) groups excluding carboxylic acids is 1. The van der Waals surface area contributed by atoms with Crippen LogP contribution in [0.5, 0.6) is 0 Å². The van der Waals surface area contributed by atoms with Gasteiger partial charge in [-0.1, -0.05) is 30.5 Å². The Morgan fingerprint density at radius 2 is 2.14 bits per heavy atom. The predicted octanol–water partition coefficient (Wildman–Crippen LogP) is 2.53. The molecule has 0 spiro atoms. The van der Waals surface area contributed by atoms with E-state index in [0.717, 1.165) is 25.7 Å². The summed E-state index contributed by atoms with van der Waals surface area (Å²) in [7, 11) is 0. The third-order valence-electron chi connectivity index (χ3n) is 3.88. The van der Waals surface area contributed by atoms with E-state index in [0.29, 0.717) is 0 Å². The molecular formula is C14H17ClN2O4. The monoisotopic (exact) mass is 312 g/mol. The molecule has 114 valence electrons. The van der Waals surface area contributed by atoms with Gasteiger partial charge < -0.3 is 10.4 Å². The van der Waals surface area contributed by atoms with Crippen LogP contribution in [0.3, 0.4) is 0 Å². The zero-order valence-corrected chi connectivity index (χ0v) is 12.2. The second-order valence-electron chi connectivity index (χ2n) is 5.20. The molecule has 1 aromatic carbocycles. The first kappa shape index (κ1) is 15.7. The van der Waals surface area contributed by atoms with Crippen molar-refractivity contribution in [3.8, 4) is 0 Å². The molecule has 0 heterocycles. The van der Waals surface area contributed by atoms with E-state index in [2.05, 4.69) is 5.32 Å². The van der Waals surface area contributed by atoms with Gasteiger partial charge in [0.15, 0.2) is 0 Å². The van der Waals surface area contributed by atoms with Gasteiger partial charge in [-0.3, -0.25) is 14.9 Å². The lowest BCUT2D eigenvalue weighted by Crippen LogP contribution is -2.43. The van der Waals surface area contributed by atoms with Crippen molar-refractivity contribution >= 4 is 23.2 Å². The fourth-order valence-electron chi connectivity index (χ4n) is 2.70. The van der Waals surface area contributed by atoms with Crippen LogP contribution in [0.1, 0.15) is 36.0 Å². The molecule has 1 aliphatic carbocycles. The van der Waals surface area contributed by atoms with Gasteiger partial charge in [0.1, 0.15) is 5.02 Å². The number of hydrogen-bond donors (Lipinski definition) is 2. The molecule has 0 aromatic heterocycles. The molecule has 7 heteroatoms. The number of halogens is 1. The van der Waals surface area contributed by atoms with Crippen LogP contribution in [0.2, 0.25) is 5.02 Å². The van der Waals surface area contributed by atoms with Crippen molar-refractivity contribution in [2.45, 2.75) is 31.7 Å². The summed E-state index contributed by atoms with van der Waals surface area (Å²) in [5.74, 6) is -0.408. The molecule has 0 bridgehead atoms. The summed E-state index contributed by atoms with van der Waals surface area (Å²) in [6.07, 6.45) is 3.69. The van der Waals surface area contributed by atoms with E-state index in [-0.39, 0.29) is 34.8 Å². The van der Waals surface area contributed by atoms with E-state index in [1.165, 1.54) is 18.2 Å². The Morgan fingerprint density at radius 1 is 1.43 bits per heavy atom. The third kappa shape index (κ3) is 3.51. The molecule has 6 nitrogen and oxygen atoms in total. The van der Waals surface area contributed by atoms with E-state index in [1.807, 2.05) is 0 Å². The Labute approximate surface area is 127 Å². The maximum Gasteiger partial charge on any atom is 0.288 e. The number of aliphatic hydroxyl groups is 1. The van der Waals surface area contributed by atoms with Crippen molar-refractivity contribution in [1.82, 2.24) is 5.32 Å². The first-order chi connectivity index (χ1) is 10.0. The quantitative estimate of drug-likeness (QED) is 0.660. The maximum absolute atomic E-state index is 12.3. The highest BCUT2D eigenvalue weighted by atomic mass is 35.5. The summed E-state index contributed by atoms with van der Waals surface area (Å²) in [5.41, 5.74) is -0.195. The van der Waals surface area contributed by atoms with Crippen molar-refractivity contribution in [3.05, 3.63) is 38.9 Å². The molecule has 1 fully saturated rings. The largest absolute Gasteiger partial charge is 0.396 e. The molecule has 1 saturated carbocycles. The highest BCUT2D eigenvalue weighted by molar-refractivity contribution is 6.35. The molecule has 0 saturated heterocycles. The van der Waals surface area contributed by atoms with Crippen molar-refractivity contribution < 1.29 is 14.8 Å². The van der Waals surface area contributed by atoms with Crippen molar-refractivity contribution in [1.29, 1.82) is 0 Å². The number of aliphatic hydroxyl groups excluding tert-OH is 1. The van der Waals surface area contributed by atoms with Gasteiger partial charge in [-0.25, -0.2) is 0 Å². The lowest BCUT2D eigenvalue weighted by molar-refractivity contribution is -0.384. The summed E-state index contributed by atoms with van der Waals surface area (Å²) >= 11 is 5.93. The van der Waals surface area contributed by atoms with Gasteiger partial charge in [0, 0.05) is 24.6 Å². The van der Waals surface area contributed by atoms with Gasteiger partial charge in [0.2, 0.25) is 0 Å². The number of amides is 1. The predicted molar refractivity (Wildman–Crippen MR) is 78.4 cm³/mol. The summed E-state index contributed by atoms with van der Waals surface area (Å²) < 4.78 is 0. The molecule has 1 amide bonds. The number of benzene rings is 1. The first-order valence-electron chi connectivity index (χ1n) is 6.89. The second kappa shape index (κ2) is 6.87. The molecule has 0 aliphatic heterocycles. The molecule has 2 atom stereocenters. The van der Waals surface area contributed by atoms with E-state index >= 15 is 0 Å². The Hall–Kier alpha value is -1.66. The third-order valence-corrected chi connectivity index (χ3v) is 4.28. The Bertz CT molecular complexity index is 550. The number of nitrogens with zero attached hydrogens (tertiary/aromatic N) is 1. The Kier molecular flexibility index (Phi) is 5.14. The minimum absolute atomic E-state index is 0.0214. The normalized spacial score (nSPS) is 21.8. The summed E-state index contributed by atoms with van der Waals surface area (Å²) in [6.45, 7) is 0.0214. The van der Waals surface area contributed by atoms with Crippen LogP contribution in [0.4, 0.5) is 5.69 Å². The van der Waals surface area contributed by atoms with Crippen LogP contribution in [0, 0.1) is 16.0 Å². The Morgan fingerprint density at radius 3 is 2.81 bits per heavy atom. The molecule has 2 unspecified atom stereocenters. The number of nitrogens with one attached hydrogen (secondary N) is 1. The number of rotatable bonds is 4. The average molecular weight is 313 g/mol.